The fraction of sp³-hybridized carbons (Fsp3) is 0. The molecule has 0 saturated heterocycles. The van der Waals surface area contributed by atoms with Gasteiger partial charge in [-0.25, -0.2) is 4.98 Å². The summed E-state index contributed by atoms with van der Waals surface area (Å²) in [4.78, 5) is 19.5. The summed E-state index contributed by atoms with van der Waals surface area (Å²) in [5.41, 5.74) is 2.48. The SMILES string of the molecule is O=Cc1ccc(Cl)cc1Sc1nc2ccccc2[nH]1. The lowest BCUT2D eigenvalue weighted by molar-refractivity contribution is 0.112. The van der Waals surface area contributed by atoms with Crippen LogP contribution in [0.2, 0.25) is 5.02 Å². The second-order valence-electron chi connectivity index (χ2n) is 3.96. The molecule has 5 heteroatoms. The number of aromatic amines is 1. The zero-order chi connectivity index (χ0) is 13.2. The molecule has 1 heterocycles. The summed E-state index contributed by atoms with van der Waals surface area (Å²) in [6.45, 7) is 0. The smallest absolute Gasteiger partial charge is 0.171 e. The zero-order valence-corrected chi connectivity index (χ0v) is 11.3. The molecule has 94 valence electrons. The average molecular weight is 289 g/mol. The molecule has 0 unspecified atom stereocenters. The van der Waals surface area contributed by atoms with Crippen molar-refractivity contribution in [2.75, 3.05) is 0 Å². The summed E-state index contributed by atoms with van der Waals surface area (Å²) in [5, 5.41) is 1.34. The molecule has 2 aromatic carbocycles. The van der Waals surface area contributed by atoms with Gasteiger partial charge in [0.2, 0.25) is 0 Å². The van der Waals surface area contributed by atoms with Gasteiger partial charge in [0.05, 0.1) is 11.0 Å². The number of aldehydes is 1. The number of para-hydroxylation sites is 2. The van der Waals surface area contributed by atoms with Gasteiger partial charge < -0.3 is 4.98 Å². The highest BCUT2D eigenvalue weighted by atomic mass is 35.5. The van der Waals surface area contributed by atoms with Crippen LogP contribution in [0.1, 0.15) is 10.4 Å². The molecule has 1 N–H and O–H groups in total. The maximum Gasteiger partial charge on any atom is 0.171 e. The van der Waals surface area contributed by atoms with Gasteiger partial charge in [-0.1, -0.05) is 35.5 Å². The molecule has 0 radical (unpaired) electrons. The van der Waals surface area contributed by atoms with E-state index >= 15 is 0 Å². The molecule has 0 aliphatic rings. The van der Waals surface area contributed by atoms with Crippen molar-refractivity contribution >= 4 is 40.7 Å². The highest BCUT2D eigenvalue weighted by Crippen LogP contribution is 2.31. The van der Waals surface area contributed by atoms with Crippen LogP contribution in [0.25, 0.3) is 11.0 Å². The molecule has 19 heavy (non-hydrogen) atoms. The van der Waals surface area contributed by atoms with Gasteiger partial charge >= 0.3 is 0 Å². The van der Waals surface area contributed by atoms with Crippen LogP contribution in [0, 0.1) is 0 Å². The van der Waals surface area contributed by atoms with Crippen molar-refractivity contribution < 1.29 is 4.79 Å². The zero-order valence-electron chi connectivity index (χ0n) is 9.76. The maximum atomic E-state index is 11.0. The summed E-state index contributed by atoms with van der Waals surface area (Å²) in [7, 11) is 0. The van der Waals surface area contributed by atoms with E-state index < -0.39 is 0 Å². The number of carbonyl (C=O) groups excluding carboxylic acids is 1. The van der Waals surface area contributed by atoms with Crippen LogP contribution in [-0.2, 0) is 0 Å². The van der Waals surface area contributed by atoms with E-state index in [1.807, 2.05) is 24.3 Å². The minimum Gasteiger partial charge on any atom is -0.333 e. The van der Waals surface area contributed by atoms with Crippen molar-refractivity contribution in [3.05, 3.63) is 53.1 Å². The molecule has 3 aromatic rings. The normalized spacial score (nSPS) is 10.8. The van der Waals surface area contributed by atoms with Crippen LogP contribution >= 0.6 is 23.4 Å². The van der Waals surface area contributed by atoms with Crippen LogP contribution in [0.3, 0.4) is 0 Å². The molecule has 0 amide bonds. The quantitative estimate of drug-likeness (QED) is 0.735. The number of halogens is 1. The average Bonchev–Trinajstić information content (AvgIpc) is 2.81. The number of carbonyl (C=O) groups is 1. The Morgan fingerprint density at radius 2 is 2.05 bits per heavy atom. The standard InChI is InChI=1S/C14H9ClN2OS/c15-10-6-5-9(8-18)13(7-10)19-14-16-11-3-1-2-4-12(11)17-14/h1-8H,(H,16,17). The van der Waals surface area contributed by atoms with Crippen molar-refractivity contribution in [2.24, 2.45) is 0 Å². The first-order valence-corrected chi connectivity index (χ1v) is 6.83. The number of nitrogens with one attached hydrogen (secondary N) is 1. The lowest BCUT2D eigenvalue weighted by Gasteiger charge is -2.02. The van der Waals surface area contributed by atoms with Crippen molar-refractivity contribution in [2.45, 2.75) is 10.1 Å². The van der Waals surface area contributed by atoms with Crippen LogP contribution in [0.5, 0.6) is 0 Å². The van der Waals surface area contributed by atoms with Gasteiger partial charge in [-0.3, -0.25) is 4.79 Å². The number of hydrogen-bond donors (Lipinski definition) is 1. The Kier molecular flexibility index (Phi) is 3.27. The molecule has 0 aliphatic carbocycles. The predicted molar refractivity (Wildman–Crippen MR) is 77.1 cm³/mol. The minimum absolute atomic E-state index is 0.601. The molecule has 0 spiro atoms. The maximum absolute atomic E-state index is 11.0. The van der Waals surface area contributed by atoms with Crippen molar-refractivity contribution in [1.29, 1.82) is 0 Å². The van der Waals surface area contributed by atoms with E-state index in [1.54, 1.807) is 18.2 Å². The predicted octanol–water partition coefficient (Wildman–Crippen LogP) is 4.18. The van der Waals surface area contributed by atoms with E-state index in [0.717, 1.165) is 27.4 Å². The molecule has 1 aromatic heterocycles. The van der Waals surface area contributed by atoms with Crippen molar-refractivity contribution in [3.63, 3.8) is 0 Å². The number of rotatable bonds is 3. The van der Waals surface area contributed by atoms with Gasteiger partial charge in [-0.05, 0) is 30.3 Å². The third kappa shape index (κ3) is 2.50. The molecule has 0 bridgehead atoms. The number of benzene rings is 2. The Morgan fingerprint density at radius 1 is 1.21 bits per heavy atom. The van der Waals surface area contributed by atoms with E-state index in [9.17, 15) is 4.79 Å². The minimum atomic E-state index is 0.601. The highest BCUT2D eigenvalue weighted by molar-refractivity contribution is 7.99. The number of hydrogen-bond acceptors (Lipinski definition) is 3. The summed E-state index contributed by atoms with van der Waals surface area (Å²) in [5.74, 6) is 0. The summed E-state index contributed by atoms with van der Waals surface area (Å²) in [6.07, 6.45) is 0.821. The van der Waals surface area contributed by atoms with Gasteiger partial charge in [0.25, 0.3) is 0 Å². The summed E-state index contributed by atoms with van der Waals surface area (Å²) < 4.78 is 0. The molecular formula is C14H9ClN2OS. The van der Waals surface area contributed by atoms with Crippen LogP contribution in [0.15, 0.2) is 52.5 Å². The van der Waals surface area contributed by atoms with Gasteiger partial charge in [0.1, 0.15) is 0 Å². The van der Waals surface area contributed by atoms with Crippen LogP contribution in [-0.4, -0.2) is 16.3 Å². The second kappa shape index (κ2) is 5.07. The van der Waals surface area contributed by atoms with E-state index in [0.29, 0.717) is 10.6 Å². The van der Waals surface area contributed by atoms with Crippen LogP contribution in [0.4, 0.5) is 0 Å². The molecule has 0 saturated carbocycles. The number of H-pyrrole nitrogens is 1. The first-order chi connectivity index (χ1) is 9.26. The Labute approximate surface area is 119 Å². The lowest BCUT2D eigenvalue weighted by atomic mass is 10.2. The third-order valence-electron chi connectivity index (χ3n) is 2.68. The van der Waals surface area contributed by atoms with E-state index in [4.69, 9.17) is 11.6 Å². The van der Waals surface area contributed by atoms with Gasteiger partial charge in [0, 0.05) is 15.5 Å². The number of imidazole rings is 1. The van der Waals surface area contributed by atoms with Crippen LogP contribution < -0.4 is 0 Å². The number of fused-ring (bicyclic) bond motifs is 1. The number of nitrogens with zero attached hydrogens (tertiary/aromatic N) is 1. The lowest BCUT2D eigenvalue weighted by Crippen LogP contribution is -1.85. The third-order valence-corrected chi connectivity index (χ3v) is 3.87. The summed E-state index contributed by atoms with van der Waals surface area (Å²) in [6, 6.07) is 13.0. The second-order valence-corrected chi connectivity index (χ2v) is 5.43. The van der Waals surface area contributed by atoms with Gasteiger partial charge in [-0.15, -0.1) is 0 Å². The fourth-order valence-electron chi connectivity index (χ4n) is 1.78. The van der Waals surface area contributed by atoms with E-state index in [1.165, 1.54) is 11.8 Å². The number of aromatic nitrogens is 2. The molecule has 3 rings (SSSR count). The largest absolute Gasteiger partial charge is 0.333 e. The Balaban J connectivity index is 2.00. The molecular weight excluding hydrogens is 280 g/mol. The molecule has 3 nitrogen and oxygen atoms in total. The Bertz CT molecular complexity index is 721. The Morgan fingerprint density at radius 3 is 2.84 bits per heavy atom. The summed E-state index contributed by atoms with van der Waals surface area (Å²) >= 11 is 7.36. The highest BCUT2D eigenvalue weighted by Gasteiger charge is 2.08. The van der Waals surface area contributed by atoms with Gasteiger partial charge in [0.15, 0.2) is 11.4 Å². The van der Waals surface area contributed by atoms with Crippen molar-refractivity contribution in [1.82, 2.24) is 9.97 Å². The van der Waals surface area contributed by atoms with E-state index in [-0.39, 0.29) is 0 Å². The monoisotopic (exact) mass is 288 g/mol. The molecule has 0 aliphatic heterocycles. The van der Waals surface area contributed by atoms with Gasteiger partial charge in [-0.2, -0.15) is 0 Å². The first-order valence-electron chi connectivity index (χ1n) is 5.63. The fourth-order valence-corrected chi connectivity index (χ4v) is 2.95. The van der Waals surface area contributed by atoms with Crippen molar-refractivity contribution in [3.8, 4) is 0 Å². The Hall–Kier alpha value is -1.78. The van der Waals surface area contributed by atoms with E-state index in [2.05, 4.69) is 9.97 Å². The molecule has 0 atom stereocenters. The topological polar surface area (TPSA) is 45.8 Å². The molecule has 0 fully saturated rings. The first kappa shape index (κ1) is 12.3.